The van der Waals surface area contributed by atoms with E-state index in [2.05, 4.69) is 15.3 Å². The molecule has 96 valence electrons. The number of H-pyrrole nitrogens is 1. The number of nitrogens with one attached hydrogen (secondary N) is 2. The van der Waals surface area contributed by atoms with Gasteiger partial charge in [-0.05, 0) is 29.8 Å². The van der Waals surface area contributed by atoms with Crippen LogP contribution in [0, 0.1) is 5.82 Å². The summed E-state index contributed by atoms with van der Waals surface area (Å²) in [5, 5.41) is 3.20. The van der Waals surface area contributed by atoms with Crippen LogP contribution >= 0.6 is 0 Å². The maximum atomic E-state index is 12.8. The molecule has 2 N–H and O–H groups in total. The van der Waals surface area contributed by atoms with Gasteiger partial charge in [0.05, 0.1) is 25.0 Å². The molecule has 0 unspecified atom stereocenters. The number of nitrogens with zero attached hydrogens (tertiary/aromatic N) is 1. The predicted molar refractivity (Wildman–Crippen MR) is 67.6 cm³/mol. The van der Waals surface area contributed by atoms with Gasteiger partial charge in [-0.3, -0.25) is 0 Å². The van der Waals surface area contributed by atoms with Crippen molar-refractivity contribution in [3.05, 3.63) is 42.1 Å². The number of rotatable bonds is 6. The monoisotopic (exact) mass is 249 g/mol. The van der Waals surface area contributed by atoms with Crippen molar-refractivity contribution in [3.63, 3.8) is 0 Å². The lowest BCUT2D eigenvalue weighted by molar-refractivity contribution is 0.199. The van der Waals surface area contributed by atoms with E-state index in [1.165, 1.54) is 12.1 Å². The summed E-state index contributed by atoms with van der Waals surface area (Å²) >= 11 is 0. The van der Waals surface area contributed by atoms with Crippen molar-refractivity contribution >= 4 is 0 Å². The van der Waals surface area contributed by atoms with Crippen LogP contribution in [0.3, 0.4) is 0 Å². The second-order valence-electron chi connectivity index (χ2n) is 3.92. The zero-order valence-corrected chi connectivity index (χ0v) is 10.2. The van der Waals surface area contributed by atoms with Gasteiger partial charge in [0.1, 0.15) is 11.6 Å². The number of halogens is 1. The van der Waals surface area contributed by atoms with E-state index in [1.54, 1.807) is 25.4 Å². The molecule has 0 fully saturated rings. The third-order valence-electron chi connectivity index (χ3n) is 2.56. The fourth-order valence-corrected chi connectivity index (χ4v) is 1.61. The van der Waals surface area contributed by atoms with E-state index in [-0.39, 0.29) is 5.82 Å². The van der Waals surface area contributed by atoms with Crippen molar-refractivity contribution in [2.45, 2.75) is 6.54 Å². The summed E-state index contributed by atoms with van der Waals surface area (Å²) in [4.78, 5) is 7.45. The second-order valence-corrected chi connectivity index (χ2v) is 3.92. The molecule has 2 aromatic rings. The lowest BCUT2D eigenvalue weighted by atomic mass is 10.2. The van der Waals surface area contributed by atoms with Crippen LogP contribution in [0.5, 0.6) is 0 Å². The number of ether oxygens (including phenoxy) is 1. The molecule has 0 saturated carbocycles. The Balaban J connectivity index is 1.95. The molecule has 4 nitrogen and oxygen atoms in total. The topological polar surface area (TPSA) is 49.9 Å². The van der Waals surface area contributed by atoms with E-state index >= 15 is 0 Å². The smallest absolute Gasteiger partial charge is 0.123 e. The molecule has 0 saturated heterocycles. The molecule has 2 rings (SSSR count). The molecule has 0 bridgehead atoms. The molecule has 0 atom stereocenters. The Morgan fingerprint density at radius 3 is 2.83 bits per heavy atom. The fraction of sp³-hybridized carbons (Fsp3) is 0.308. The Morgan fingerprint density at radius 1 is 1.33 bits per heavy atom. The number of methoxy groups -OCH3 is 1. The molecule has 18 heavy (non-hydrogen) atoms. The number of hydrogen-bond donors (Lipinski definition) is 2. The van der Waals surface area contributed by atoms with Crippen molar-refractivity contribution in [3.8, 4) is 11.3 Å². The SMILES string of the molecule is COCCNCc1ncc(-c2ccc(F)cc2)[nH]1. The maximum Gasteiger partial charge on any atom is 0.123 e. The van der Waals surface area contributed by atoms with Crippen LogP contribution in [0.1, 0.15) is 5.82 Å². The van der Waals surface area contributed by atoms with Gasteiger partial charge in [0.15, 0.2) is 0 Å². The first-order valence-corrected chi connectivity index (χ1v) is 5.79. The minimum atomic E-state index is -0.236. The standard InChI is InChI=1S/C13H16FN3O/c1-18-7-6-15-9-13-16-8-12(17-13)10-2-4-11(14)5-3-10/h2-5,8,15H,6-7,9H2,1H3,(H,16,17). The van der Waals surface area contributed by atoms with Crippen molar-refractivity contribution in [2.75, 3.05) is 20.3 Å². The van der Waals surface area contributed by atoms with Gasteiger partial charge in [-0.15, -0.1) is 0 Å². The molecule has 0 spiro atoms. The predicted octanol–water partition coefficient (Wildman–Crippen LogP) is 1.95. The first-order chi connectivity index (χ1) is 8.79. The molecular weight excluding hydrogens is 233 g/mol. The van der Waals surface area contributed by atoms with Gasteiger partial charge in [-0.1, -0.05) is 0 Å². The Labute approximate surface area is 105 Å². The van der Waals surface area contributed by atoms with E-state index in [0.29, 0.717) is 13.2 Å². The van der Waals surface area contributed by atoms with Gasteiger partial charge >= 0.3 is 0 Å². The first kappa shape index (κ1) is 12.7. The van der Waals surface area contributed by atoms with E-state index < -0.39 is 0 Å². The highest BCUT2D eigenvalue weighted by atomic mass is 19.1. The molecular formula is C13H16FN3O. The molecule has 0 aliphatic carbocycles. The summed E-state index contributed by atoms with van der Waals surface area (Å²) in [5.74, 6) is 0.616. The van der Waals surface area contributed by atoms with Crippen LogP contribution in [0.2, 0.25) is 0 Å². The highest BCUT2D eigenvalue weighted by Gasteiger charge is 2.03. The first-order valence-electron chi connectivity index (χ1n) is 5.79. The third kappa shape index (κ3) is 3.38. The second kappa shape index (κ2) is 6.28. The normalized spacial score (nSPS) is 10.8. The molecule has 1 heterocycles. The van der Waals surface area contributed by atoms with Crippen molar-refractivity contribution in [1.82, 2.24) is 15.3 Å². The van der Waals surface area contributed by atoms with Gasteiger partial charge in [0.2, 0.25) is 0 Å². The largest absolute Gasteiger partial charge is 0.383 e. The van der Waals surface area contributed by atoms with Crippen LogP contribution in [-0.4, -0.2) is 30.2 Å². The summed E-state index contributed by atoms with van der Waals surface area (Å²) in [6, 6.07) is 6.33. The zero-order valence-electron chi connectivity index (χ0n) is 10.2. The van der Waals surface area contributed by atoms with Crippen LogP contribution in [0.4, 0.5) is 4.39 Å². The average Bonchev–Trinajstić information content (AvgIpc) is 2.84. The number of hydrogen-bond acceptors (Lipinski definition) is 3. The van der Waals surface area contributed by atoms with Crippen LogP contribution in [-0.2, 0) is 11.3 Å². The molecule has 0 aliphatic rings. The lowest BCUT2D eigenvalue weighted by Gasteiger charge is -2.01. The molecule has 0 amide bonds. The van der Waals surface area contributed by atoms with E-state index in [0.717, 1.165) is 23.6 Å². The minimum Gasteiger partial charge on any atom is -0.383 e. The van der Waals surface area contributed by atoms with Crippen molar-refractivity contribution in [2.24, 2.45) is 0 Å². The van der Waals surface area contributed by atoms with Crippen molar-refractivity contribution in [1.29, 1.82) is 0 Å². The Kier molecular flexibility index (Phi) is 4.44. The van der Waals surface area contributed by atoms with E-state index in [9.17, 15) is 4.39 Å². The lowest BCUT2D eigenvalue weighted by Crippen LogP contribution is -2.19. The molecule has 0 aliphatic heterocycles. The van der Waals surface area contributed by atoms with Crippen LogP contribution in [0.15, 0.2) is 30.5 Å². The summed E-state index contributed by atoms with van der Waals surface area (Å²) in [6.07, 6.45) is 1.75. The van der Waals surface area contributed by atoms with Gasteiger partial charge in [-0.2, -0.15) is 0 Å². The Hall–Kier alpha value is -1.72. The molecule has 1 aromatic carbocycles. The summed E-state index contributed by atoms with van der Waals surface area (Å²) in [6.45, 7) is 2.11. The average molecular weight is 249 g/mol. The summed E-state index contributed by atoms with van der Waals surface area (Å²) in [7, 11) is 1.67. The number of aromatic amines is 1. The van der Waals surface area contributed by atoms with Gasteiger partial charge < -0.3 is 15.0 Å². The van der Waals surface area contributed by atoms with Gasteiger partial charge in [-0.25, -0.2) is 9.37 Å². The van der Waals surface area contributed by atoms with Gasteiger partial charge in [0, 0.05) is 13.7 Å². The Morgan fingerprint density at radius 2 is 2.11 bits per heavy atom. The van der Waals surface area contributed by atoms with Crippen molar-refractivity contribution < 1.29 is 9.13 Å². The fourth-order valence-electron chi connectivity index (χ4n) is 1.61. The quantitative estimate of drug-likeness (QED) is 0.769. The summed E-state index contributed by atoms with van der Waals surface area (Å²) in [5.41, 5.74) is 1.81. The molecule has 1 aromatic heterocycles. The maximum absolute atomic E-state index is 12.8. The number of imidazole rings is 1. The minimum absolute atomic E-state index is 0.236. The van der Waals surface area contributed by atoms with E-state index in [1.807, 2.05) is 0 Å². The van der Waals surface area contributed by atoms with Crippen LogP contribution < -0.4 is 5.32 Å². The number of aromatic nitrogens is 2. The Bertz CT molecular complexity index is 481. The molecule has 5 heteroatoms. The third-order valence-corrected chi connectivity index (χ3v) is 2.56. The number of benzene rings is 1. The highest BCUT2D eigenvalue weighted by molar-refractivity contribution is 5.58. The van der Waals surface area contributed by atoms with Gasteiger partial charge in [0.25, 0.3) is 0 Å². The molecule has 0 radical (unpaired) electrons. The summed E-state index contributed by atoms with van der Waals surface area (Å²) < 4.78 is 17.7. The van der Waals surface area contributed by atoms with E-state index in [4.69, 9.17) is 4.74 Å². The highest BCUT2D eigenvalue weighted by Crippen LogP contribution is 2.17. The van der Waals surface area contributed by atoms with Crippen LogP contribution in [0.25, 0.3) is 11.3 Å². The zero-order chi connectivity index (χ0) is 12.8.